The molecule has 0 radical (unpaired) electrons. The van der Waals surface area contributed by atoms with Gasteiger partial charge in [0.05, 0.1) is 6.17 Å². The van der Waals surface area contributed by atoms with Crippen LogP contribution in [-0.4, -0.2) is 41.8 Å². The van der Waals surface area contributed by atoms with Gasteiger partial charge in [-0.2, -0.15) is 0 Å². The summed E-state index contributed by atoms with van der Waals surface area (Å²) in [6.45, 7) is 24.4. The summed E-state index contributed by atoms with van der Waals surface area (Å²) in [5.41, 5.74) is 0.804. The van der Waals surface area contributed by atoms with Crippen molar-refractivity contribution in [2.24, 2.45) is 28.6 Å². The lowest BCUT2D eigenvalue weighted by Crippen LogP contribution is -2.59. The molecule has 3 fully saturated rings. The summed E-state index contributed by atoms with van der Waals surface area (Å²) in [5.74, 6) is 2.26. The number of fused-ring (bicyclic) bond motifs is 3. The molecule has 0 aliphatic carbocycles. The van der Waals surface area contributed by atoms with E-state index in [1.54, 1.807) is 0 Å². The van der Waals surface area contributed by atoms with E-state index in [1.807, 2.05) is 0 Å². The maximum atomic E-state index is 4.10. The lowest BCUT2D eigenvalue weighted by atomic mass is 9.62. The molecule has 3 heterocycles. The van der Waals surface area contributed by atoms with Crippen LogP contribution < -0.4 is 10.6 Å². The van der Waals surface area contributed by atoms with Crippen LogP contribution in [0.1, 0.15) is 68.7 Å². The number of piperidine rings is 1. The lowest BCUT2D eigenvalue weighted by molar-refractivity contribution is -0.0168. The highest BCUT2D eigenvalue weighted by molar-refractivity contribution is 5.16. The second-order valence-corrected chi connectivity index (χ2v) is 11.7. The number of likely N-dealkylation sites (tertiary alicyclic amines) is 1. The number of nitrogens with zero attached hydrogens (tertiary/aromatic N) is 1. The third kappa shape index (κ3) is 2.95. The molecule has 3 rings (SSSR count). The Morgan fingerprint density at radius 1 is 0.875 bits per heavy atom. The van der Waals surface area contributed by atoms with Crippen LogP contribution in [0.3, 0.4) is 0 Å². The molecule has 6 atom stereocenters. The fourth-order valence-corrected chi connectivity index (χ4v) is 6.18. The van der Waals surface area contributed by atoms with Gasteiger partial charge in [0, 0.05) is 17.6 Å². The van der Waals surface area contributed by atoms with Gasteiger partial charge in [0.15, 0.2) is 0 Å². The van der Waals surface area contributed by atoms with E-state index >= 15 is 0 Å². The smallest absolute Gasteiger partial charge is 0.0642 e. The summed E-state index contributed by atoms with van der Waals surface area (Å²) in [6, 6.07) is 1.32. The van der Waals surface area contributed by atoms with Gasteiger partial charge in [-0.25, -0.2) is 0 Å². The molecular weight excluding hydrogens is 294 g/mol. The summed E-state index contributed by atoms with van der Waals surface area (Å²) >= 11 is 0. The average molecular weight is 336 g/mol. The van der Waals surface area contributed by atoms with E-state index in [4.69, 9.17) is 0 Å². The Morgan fingerprint density at radius 3 is 2.00 bits per heavy atom. The monoisotopic (exact) mass is 335 g/mol. The van der Waals surface area contributed by atoms with Crippen LogP contribution in [0, 0.1) is 28.6 Å². The molecule has 3 saturated heterocycles. The number of rotatable bonds is 0. The van der Waals surface area contributed by atoms with Crippen molar-refractivity contribution >= 4 is 0 Å². The Balaban J connectivity index is 2.09. The Labute approximate surface area is 150 Å². The van der Waals surface area contributed by atoms with Gasteiger partial charge >= 0.3 is 0 Å². The molecule has 0 saturated carbocycles. The highest BCUT2D eigenvalue weighted by atomic mass is 15.4. The van der Waals surface area contributed by atoms with Crippen LogP contribution in [0.15, 0.2) is 0 Å². The molecule has 0 aromatic rings. The first-order valence-electron chi connectivity index (χ1n) is 10.1. The van der Waals surface area contributed by atoms with Gasteiger partial charge in [0.25, 0.3) is 0 Å². The molecule has 3 heteroatoms. The Hall–Kier alpha value is -0.120. The quantitative estimate of drug-likeness (QED) is 0.707. The van der Waals surface area contributed by atoms with Crippen LogP contribution >= 0.6 is 0 Å². The Bertz CT molecular complexity index is 465. The average Bonchev–Trinajstić information content (AvgIpc) is 2.89. The van der Waals surface area contributed by atoms with E-state index in [0.717, 1.165) is 17.8 Å². The maximum Gasteiger partial charge on any atom is 0.0642 e. The number of hydrogen-bond donors (Lipinski definition) is 2. The molecule has 6 unspecified atom stereocenters. The first-order valence-corrected chi connectivity index (χ1v) is 10.1. The van der Waals surface area contributed by atoms with E-state index < -0.39 is 0 Å². The third-order valence-corrected chi connectivity index (χ3v) is 6.79. The normalized spacial score (nSPS) is 41.4. The van der Waals surface area contributed by atoms with Crippen molar-refractivity contribution in [2.75, 3.05) is 13.1 Å². The number of hydrogen-bond acceptors (Lipinski definition) is 3. The van der Waals surface area contributed by atoms with Crippen LogP contribution in [0.2, 0.25) is 0 Å². The molecule has 140 valence electrons. The second kappa shape index (κ2) is 5.69. The van der Waals surface area contributed by atoms with Crippen molar-refractivity contribution in [3.05, 3.63) is 0 Å². The molecule has 2 N–H and O–H groups in total. The molecule has 0 spiro atoms. The van der Waals surface area contributed by atoms with Gasteiger partial charge in [-0.1, -0.05) is 41.5 Å². The van der Waals surface area contributed by atoms with Gasteiger partial charge in [-0.05, 0) is 68.9 Å². The molecule has 0 amide bonds. The van der Waals surface area contributed by atoms with E-state index in [2.05, 4.69) is 77.8 Å². The van der Waals surface area contributed by atoms with E-state index in [0.29, 0.717) is 23.7 Å². The van der Waals surface area contributed by atoms with E-state index in [-0.39, 0.29) is 11.0 Å². The number of nitrogens with one attached hydrogen (secondary N) is 2. The summed E-state index contributed by atoms with van der Waals surface area (Å²) in [4.78, 5) is 2.87. The van der Waals surface area contributed by atoms with Crippen molar-refractivity contribution in [3.8, 4) is 0 Å². The first kappa shape index (κ1) is 18.7. The summed E-state index contributed by atoms with van der Waals surface area (Å²) < 4.78 is 0. The van der Waals surface area contributed by atoms with Gasteiger partial charge in [-0.3, -0.25) is 10.2 Å². The van der Waals surface area contributed by atoms with Gasteiger partial charge in [0.1, 0.15) is 0 Å². The van der Waals surface area contributed by atoms with Crippen molar-refractivity contribution < 1.29 is 0 Å². The molecule has 3 aliphatic rings. The second-order valence-electron chi connectivity index (χ2n) is 11.7. The molecule has 0 bridgehead atoms. The summed E-state index contributed by atoms with van der Waals surface area (Å²) in [7, 11) is 0. The van der Waals surface area contributed by atoms with Crippen LogP contribution in [0.5, 0.6) is 0 Å². The van der Waals surface area contributed by atoms with Gasteiger partial charge < -0.3 is 5.32 Å². The van der Waals surface area contributed by atoms with Crippen LogP contribution in [0.25, 0.3) is 0 Å². The first-order chi connectivity index (χ1) is 10.8. The van der Waals surface area contributed by atoms with Crippen molar-refractivity contribution in [2.45, 2.75) is 92.5 Å². The van der Waals surface area contributed by atoms with Crippen molar-refractivity contribution in [1.82, 2.24) is 15.5 Å². The minimum absolute atomic E-state index is 0.189. The third-order valence-electron chi connectivity index (χ3n) is 6.79. The Kier molecular flexibility index (Phi) is 4.42. The molecule has 24 heavy (non-hydrogen) atoms. The van der Waals surface area contributed by atoms with Crippen molar-refractivity contribution in [1.29, 1.82) is 0 Å². The predicted octanol–water partition coefficient (Wildman–Crippen LogP) is 3.70. The van der Waals surface area contributed by atoms with Crippen LogP contribution in [0.4, 0.5) is 0 Å². The largest absolute Gasteiger partial charge is 0.316 e. The summed E-state index contributed by atoms with van der Waals surface area (Å²) in [5, 5.41) is 7.79. The standard InChI is InChI=1S/C21H41N3/c1-19(2,3)16-15-13-12-22-11-10-14(13)23-18(15)24(21(7,8)9)17(16)20(4,5)6/h13-18,22-23H,10-12H2,1-9H3. The van der Waals surface area contributed by atoms with E-state index in [9.17, 15) is 0 Å². The maximum absolute atomic E-state index is 4.10. The predicted molar refractivity (Wildman–Crippen MR) is 103 cm³/mol. The molecule has 0 aromatic heterocycles. The molecular formula is C21H41N3. The zero-order valence-electron chi connectivity index (χ0n) is 17.5. The fourth-order valence-electron chi connectivity index (χ4n) is 6.18. The van der Waals surface area contributed by atoms with Crippen molar-refractivity contribution in [3.63, 3.8) is 0 Å². The van der Waals surface area contributed by atoms with E-state index in [1.165, 1.54) is 19.5 Å². The van der Waals surface area contributed by atoms with Gasteiger partial charge in [-0.15, -0.1) is 0 Å². The minimum Gasteiger partial charge on any atom is -0.316 e. The summed E-state index contributed by atoms with van der Waals surface area (Å²) in [6.07, 6.45) is 1.82. The Morgan fingerprint density at radius 2 is 1.50 bits per heavy atom. The fraction of sp³-hybridized carbons (Fsp3) is 1.00. The molecule has 3 nitrogen and oxygen atoms in total. The molecule has 3 aliphatic heterocycles. The SMILES string of the molecule is CC(C)(C)C1C2C3CNCCC3NC2N(C(C)(C)C)C1C(C)(C)C. The highest BCUT2D eigenvalue weighted by Gasteiger charge is 2.64. The zero-order valence-corrected chi connectivity index (χ0v) is 17.5. The topological polar surface area (TPSA) is 27.3 Å². The molecule has 0 aromatic carbocycles. The van der Waals surface area contributed by atoms with Crippen LogP contribution in [-0.2, 0) is 0 Å². The lowest BCUT2D eigenvalue weighted by Gasteiger charge is -2.50. The zero-order chi connectivity index (χ0) is 18.1. The highest BCUT2D eigenvalue weighted by Crippen LogP contribution is 2.57. The van der Waals surface area contributed by atoms with Gasteiger partial charge in [0.2, 0.25) is 0 Å². The minimum atomic E-state index is 0.189.